The molecule has 4 rings (SSSR count). The summed E-state index contributed by atoms with van der Waals surface area (Å²) in [4.78, 5) is 2.43. The van der Waals surface area contributed by atoms with Crippen LogP contribution in [0.1, 0.15) is 36.1 Å². The average molecular weight is 311 g/mol. The Bertz CT molecular complexity index is 785. The van der Waals surface area contributed by atoms with Crippen molar-refractivity contribution in [3.63, 3.8) is 0 Å². The first-order chi connectivity index (χ1) is 11.1. The molecule has 0 spiro atoms. The quantitative estimate of drug-likeness (QED) is 0.744. The van der Waals surface area contributed by atoms with Gasteiger partial charge in [-0.15, -0.1) is 0 Å². The fourth-order valence-electron chi connectivity index (χ4n) is 4.20. The zero-order valence-corrected chi connectivity index (χ0v) is 13.2. The molecule has 0 saturated carbocycles. The van der Waals surface area contributed by atoms with E-state index in [1.54, 1.807) is 0 Å². The molecule has 0 fully saturated rings. The third kappa shape index (κ3) is 1.94. The summed E-state index contributed by atoms with van der Waals surface area (Å²) < 4.78 is 0. The first-order valence-corrected chi connectivity index (χ1v) is 8.25. The topological polar surface area (TPSA) is 63.9 Å². The Kier molecular flexibility index (Phi) is 3.23. The van der Waals surface area contributed by atoms with Gasteiger partial charge in [-0.2, -0.15) is 0 Å². The summed E-state index contributed by atoms with van der Waals surface area (Å²) in [6.45, 7) is 4.03. The van der Waals surface area contributed by atoms with E-state index in [9.17, 15) is 15.3 Å². The first kappa shape index (κ1) is 14.4. The van der Waals surface area contributed by atoms with E-state index < -0.39 is 5.75 Å². The van der Waals surface area contributed by atoms with E-state index in [1.807, 2.05) is 18.2 Å². The maximum absolute atomic E-state index is 10.5. The molecule has 4 nitrogen and oxygen atoms in total. The highest BCUT2D eigenvalue weighted by molar-refractivity contribution is 5.85. The standard InChI is InChI=1S/C19H21NO3/c1-2-8-20-9-7-13-15-14(20)10-11-5-3-4-6-12(11)16(15)18(22)19(23)17(13)21/h3-6,14,21-23H,2,7-10H2,1H3. The van der Waals surface area contributed by atoms with Crippen LogP contribution in [0.5, 0.6) is 17.2 Å². The number of aromatic hydroxyl groups is 3. The predicted octanol–water partition coefficient (Wildman–Crippen LogP) is 3.34. The monoisotopic (exact) mass is 311 g/mol. The van der Waals surface area contributed by atoms with Gasteiger partial charge < -0.3 is 15.3 Å². The van der Waals surface area contributed by atoms with Crippen LogP contribution < -0.4 is 0 Å². The summed E-state index contributed by atoms with van der Waals surface area (Å²) in [6.07, 6.45) is 2.64. The largest absolute Gasteiger partial charge is 0.504 e. The van der Waals surface area contributed by atoms with E-state index in [0.29, 0.717) is 12.0 Å². The van der Waals surface area contributed by atoms with Gasteiger partial charge in [0.1, 0.15) is 0 Å². The molecular formula is C19H21NO3. The van der Waals surface area contributed by atoms with Gasteiger partial charge in [-0.05, 0) is 42.5 Å². The van der Waals surface area contributed by atoms with Crippen LogP contribution >= 0.6 is 0 Å². The maximum Gasteiger partial charge on any atom is 0.201 e. The number of nitrogens with zero attached hydrogens (tertiary/aromatic N) is 1. The molecule has 4 heteroatoms. The van der Waals surface area contributed by atoms with Crippen molar-refractivity contribution in [3.8, 4) is 28.4 Å². The van der Waals surface area contributed by atoms with Gasteiger partial charge in [0, 0.05) is 23.7 Å². The SMILES string of the molecule is CCCN1CCc2c(O)c(O)c(O)c3c2C1Cc1ccccc1-3. The maximum atomic E-state index is 10.5. The summed E-state index contributed by atoms with van der Waals surface area (Å²) in [5.74, 6) is -0.739. The molecule has 2 aliphatic rings. The highest BCUT2D eigenvalue weighted by atomic mass is 16.3. The molecular weight excluding hydrogens is 290 g/mol. The van der Waals surface area contributed by atoms with Crippen LogP contribution in [0.15, 0.2) is 24.3 Å². The van der Waals surface area contributed by atoms with Crippen molar-refractivity contribution < 1.29 is 15.3 Å². The molecule has 2 aromatic carbocycles. The van der Waals surface area contributed by atoms with E-state index in [1.165, 1.54) is 5.56 Å². The van der Waals surface area contributed by atoms with E-state index in [0.717, 1.165) is 42.6 Å². The summed E-state index contributed by atoms with van der Waals surface area (Å²) >= 11 is 0. The Balaban J connectivity index is 2.03. The van der Waals surface area contributed by atoms with Gasteiger partial charge in [0.2, 0.25) is 5.75 Å². The van der Waals surface area contributed by atoms with Crippen LogP contribution in [0.2, 0.25) is 0 Å². The minimum atomic E-state index is -0.391. The molecule has 0 bridgehead atoms. The lowest BCUT2D eigenvalue weighted by molar-refractivity contribution is 0.180. The third-order valence-corrected chi connectivity index (χ3v) is 5.20. The Hall–Kier alpha value is -2.20. The van der Waals surface area contributed by atoms with Crippen LogP contribution in [-0.2, 0) is 12.8 Å². The highest BCUT2D eigenvalue weighted by Gasteiger charge is 2.38. The van der Waals surface area contributed by atoms with Gasteiger partial charge in [0.15, 0.2) is 11.5 Å². The third-order valence-electron chi connectivity index (χ3n) is 5.20. The van der Waals surface area contributed by atoms with Gasteiger partial charge >= 0.3 is 0 Å². The summed E-state index contributed by atoms with van der Waals surface area (Å²) in [7, 11) is 0. The minimum Gasteiger partial charge on any atom is -0.504 e. The van der Waals surface area contributed by atoms with Gasteiger partial charge in [-0.1, -0.05) is 31.2 Å². The molecule has 1 aliphatic carbocycles. The minimum absolute atomic E-state index is 0.151. The van der Waals surface area contributed by atoms with Crippen LogP contribution in [0.25, 0.3) is 11.1 Å². The van der Waals surface area contributed by atoms with Crippen molar-refractivity contribution in [1.29, 1.82) is 0 Å². The van der Waals surface area contributed by atoms with E-state index >= 15 is 0 Å². The molecule has 0 amide bonds. The van der Waals surface area contributed by atoms with Crippen LogP contribution in [0, 0.1) is 0 Å². The molecule has 1 unspecified atom stereocenters. The first-order valence-electron chi connectivity index (χ1n) is 8.25. The number of rotatable bonds is 2. The molecule has 0 radical (unpaired) electrons. The van der Waals surface area contributed by atoms with Crippen molar-refractivity contribution in [2.45, 2.75) is 32.2 Å². The second kappa shape index (κ2) is 5.17. The van der Waals surface area contributed by atoms with Crippen LogP contribution in [0.4, 0.5) is 0 Å². The number of benzene rings is 2. The van der Waals surface area contributed by atoms with Crippen molar-refractivity contribution in [1.82, 2.24) is 4.90 Å². The van der Waals surface area contributed by atoms with Gasteiger partial charge in [-0.25, -0.2) is 0 Å². The second-order valence-corrected chi connectivity index (χ2v) is 6.48. The number of hydrogen-bond acceptors (Lipinski definition) is 4. The Morgan fingerprint density at radius 2 is 1.87 bits per heavy atom. The molecule has 2 aromatic rings. The van der Waals surface area contributed by atoms with Gasteiger partial charge in [0.05, 0.1) is 0 Å². The summed E-state index contributed by atoms with van der Waals surface area (Å²) in [6, 6.07) is 8.17. The van der Waals surface area contributed by atoms with Crippen molar-refractivity contribution in [2.75, 3.05) is 13.1 Å². The lowest BCUT2D eigenvalue weighted by Gasteiger charge is -2.42. The lowest BCUT2D eigenvalue weighted by atomic mass is 9.76. The highest BCUT2D eigenvalue weighted by Crippen LogP contribution is 2.55. The number of phenolic OH excluding ortho intramolecular Hbond substituents is 3. The second-order valence-electron chi connectivity index (χ2n) is 6.48. The predicted molar refractivity (Wildman–Crippen MR) is 88.9 cm³/mol. The van der Waals surface area contributed by atoms with Crippen LogP contribution in [0.3, 0.4) is 0 Å². The zero-order valence-electron chi connectivity index (χ0n) is 13.2. The number of phenols is 3. The van der Waals surface area contributed by atoms with E-state index in [2.05, 4.69) is 17.9 Å². The lowest BCUT2D eigenvalue weighted by Crippen LogP contribution is -2.38. The number of hydrogen-bond donors (Lipinski definition) is 3. The molecule has 120 valence electrons. The van der Waals surface area contributed by atoms with Gasteiger partial charge in [0.25, 0.3) is 0 Å². The summed E-state index contributed by atoms with van der Waals surface area (Å²) in [5.41, 5.74) is 4.63. The Morgan fingerprint density at radius 3 is 2.65 bits per heavy atom. The summed E-state index contributed by atoms with van der Waals surface area (Å²) in [5, 5.41) is 31.0. The van der Waals surface area contributed by atoms with Gasteiger partial charge in [-0.3, -0.25) is 4.90 Å². The zero-order chi connectivity index (χ0) is 16.1. The molecule has 1 heterocycles. The van der Waals surface area contributed by atoms with E-state index in [-0.39, 0.29) is 17.5 Å². The molecule has 0 aromatic heterocycles. The number of fused-ring (bicyclic) bond motifs is 2. The Morgan fingerprint density at radius 1 is 1.09 bits per heavy atom. The molecule has 3 N–H and O–H groups in total. The average Bonchev–Trinajstić information content (AvgIpc) is 2.57. The molecule has 1 atom stereocenters. The van der Waals surface area contributed by atoms with Crippen molar-refractivity contribution in [2.24, 2.45) is 0 Å². The molecule has 0 saturated heterocycles. The Labute approximate surface area is 135 Å². The van der Waals surface area contributed by atoms with Crippen molar-refractivity contribution >= 4 is 0 Å². The van der Waals surface area contributed by atoms with E-state index in [4.69, 9.17) is 0 Å². The molecule has 1 aliphatic heterocycles. The van der Waals surface area contributed by atoms with Crippen LogP contribution in [-0.4, -0.2) is 33.3 Å². The van der Waals surface area contributed by atoms with Crippen molar-refractivity contribution in [3.05, 3.63) is 41.0 Å². The fourth-order valence-corrected chi connectivity index (χ4v) is 4.20. The fraction of sp³-hybridized carbons (Fsp3) is 0.368. The molecule has 23 heavy (non-hydrogen) atoms. The smallest absolute Gasteiger partial charge is 0.201 e. The normalized spacial score (nSPS) is 19.3.